The lowest BCUT2D eigenvalue weighted by Crippen LogP contribution is -2.42. The lowest BCUT2D eigenvalue weighted by Gasteiger charge is -2.26. The van der Waals surface area contributed by atoms with Crippen LogP contribution < -0.4 is 10.6 Å². The molecule has 0 spiro atoms. The van der Waals surface area contributed by atoms with E-state index in [2.05, 4.69) is 10.6 Å². The first kappa shape index (κ1) is 13.9. The zero-order valence-corrected chi connectivity index (χ0v) is 12.2. The lowest BCUT2D eigenvalue weighted by atomic mass is 10.1. The summed E-state index contributed by atoms with van der Waals surface area (Å²) < 4.78 is 0. The van der Waals surface area contributed by atoms with Gasteiger partial charge in [-0.3, -0.25) is 9.59 Å². The summed E-state index contributed by atoms with van der Waals surface area (Å²) in [5.74, 6) is -0.167. The molecule has 5 heteroatoms. The number of piperidine rings is 1. The molecule has 0 aliphatic carbocycles. The van der Waals surface area contributed by atoms with E-state index in [1.54, 1.807) is 0 Å². The molecule has 0 aromatic heterocycles. The zero-order valence-electron chi connectivity index (χ0n) is 12.2. The van der Waals surface area contributed by atoms with Gasteiger partial charge in [-0.1, -0.05) is 6.07 Å². The summed E-state index contributed by atoms with van der Waals surface area (Å²) in [6.07, 6.45) is 4.33. The predicted molar refractivity (Wildman–Crippen MR) is 81.4 cm³/mol. The number of carbonyl (C=O) groups excluding carboxylic acids is 2. The van der Waals surface area contributed by atoms with Crippen molar-refractivity contribution in [1.29, 1.82) is 0 Å². The highest BCUT2D eigenvalue weighted by Crippen LogP contribution is 2.23. The molecule has 0 unspecified atom stereocenters. The van der Waals surface area contributed by atoms with Crippen LogP contribution in [-0.4, -0.2) is 42.9 Å². The minimum Gasteiger partial charge on any atom is -0.384 e. The van der Waals surface area contributed by atoms with E-state index in [1.807, 2.05) is 23.1 Å². The van der Waals surface area contributed by atoms with Crippen LogP contribution in [-0.2, 0) is 11.2 Å². The molecule has 2 heterocycles. The highest BCUT2D eigenvalue weighted by molar-refractivity contribution is 5.97. The molecule has 2 aliphatic rings. The maximum Gasteiger partial charge on any atom is 0.251 e. The fourth-order valence-corrected chi connectivity index (χ4v) is 2.95. The van der Waals surface area contributed by atoms with Gasteiger partial charge in [0, 0.05) is 30.9 Å². The number of likely N-dealkylation sites (tertiary alicyclic amines) is 1. The molecule has 1 fully saturated rings. The van der Waals surface area contributed by atoms with Gasteiger partial charge in [0.15, 0.2) is 0 Å². The summed E-state index contributed by atoms with van der Waals surface area (Å²) in [4.78, 5) is 26.0. The Morgan fingerprint density at radius 2 is 2.00 bits per heavy atom. The summed E-state index contributed by atoms with van der Waals surface area (Å²) in [6.45, 7) is 2.64. The number of nitrogens with zero attached hydrogens (tertiary/aromatic N) is 1. The third-order valence-electron chi connectivity index (χ3n) is 4.19. The van der Waals surface area contributed by atoms with Crippen molar-refractivity contribution in [2.45, 2.75) is 25.7 Å². The van der Waals surface area contributed by atoms with Gasteiger partial charge in [0.05, 0.1) is 6.54 Å². The summed E-state index contributed by atoms with van der Waals surface area (Å²) in [5, 5.41) is 5.99. The number of amides is 2. The molecule has 1 aromatic rings. The van der Waals surface area contributed by atoms with Crippen LogP contribution in [0.4, 0.5) is 5.69 Å². The molecule has 21 heavy (non-hydrogen) atoms. The van der Waals surface area contributed by atoms with Crippen LogP contribution in [0.2, 0.25) is 0 Å². The summed E-state index contributed by atoms with van der Waals surface area (Å²) in [6, 6.07) is 5.67. The van der Waals surface area contributed by atoms with Crippen molar-refractivity contribution in [1.82, 2.24) is 10.2 Å². The van der Waals surface area contributed by atoms with E-state index >= 15 is 0 Å². The molecule has 0 atom stereocenters. The van der Waals surface area contributed by atoms with Gasteiger partial charge in [-0.15, -0.1) is 0 Å². The van der Waals surface area contributed by atoms with E-state index in [0.29, 0.717) is 5.56 Å². The Kier molecular flexibility index (Phi) is 4.08. The van der Waals surface area contributed by atoms with Gasteiger partial charge >= 0.3 is 0 Å². The number of carbonyl (C=O) groups is 2. The van der Waals surface area contributed by atoms with E-state index in [0.717, 1.165) is 44.6 Å². The first-order chi connectivity index (χ1) is 10.2. The Balaban J connectivity index is 1.55. The van der Waals surface area contributed by atoms with Crippen LogP contribution in [0, 0.1) is 0 Å². The van der Waals surface area contributed by atoms with Gasteiger partial charge in [-0.05, 0) is 43.4 Å². The molecule has 2 amide bonds. The molecule has 0 saturated carbocycles. The van der Waals surface area contributed by atoms with E-state index in [1.165, 1.54) is 12.0 Å². The number of hydrogen-bond donors (Lipinski definition) is 2. The van der Waals surface area contributed by atoms with E-state index in [9.17, 15) is 9.59 Å². The average Bonchev–Trinajstić information content (AvgIpc) is 3.00. The van der Waals surface area contributed by atoms with E-state index in [4.69, 9.17) is 0 Å². The van der Waals surface area contributed by atoms with E-state index in [-0.39, 0.29) is 18.4 Å². The Bertz CT molecular complexity index is 550. The van der Waals surface area contributed by atoms with Crippen molar-refractivity contribution >= 4 is 17.5 Å². The molecule has 0 radical (unpaired) electrons. The monoisotopic (exact) mass is 287 g/mol. The Labute approximate surface area is 124 Å². The third kappa shape index (κ3) is 3.17. The highest BCUT2D eigenvalue weighted by Gasteiger charge is 2.18. The molecular weight excluding hydrogens is 266 g/mol. The van der Waals surface area contributed by atoms with Gasteiger partial charge in [0.25, 0.3) is 5.91 Å². The maximum atomic E-state index is 12.1. The van der Waals surface area contributed by atoms with Crippen molar-refractivity contribution in [3.8, 4) is 0 Å². The molecule has 1 aromatic carbocycles. The van der Waals surface area contributed by atoms with Gasteiger partial charge < -0.3 is 15.5 Å². The second-order valence-corrected chi connectivity index (χ2v) is 5.67. The number of nitrogens with one attached hydrogen (secondary N) is 2. The molecular formula is C16H21N3O2. The van der Waals surface area contributed by atoms with Gasteiger partial charge in [0.1, 0.15) is 0 Å². The minimum absolute atomic E-state index is 0.0161. The largest absolute Gasteiger partial charge is 0.384 e. The number of anilines is 1. The van der Waals surface area contributed by atoms with Crippen LogP contribution in [0.15, 0.2) is 18.2 Å². The third-order valence-corrected chi connectivity index (χ3v) is 4.19. The fraction of sp³-hybridized carbons (Fsp3) is 0.500. The van der Waals surface area contributed by atoms with Crippen molar-refractivity contribution < 1.29 is 9.59 Å². The van der Waals surface area contributed by atoms with Crippen LogP contribution in [0.5, 0.6) is 0 Å². The molecule has 2 N–H and O–H groups in total. The van der Waals surface area contributed by atoms with Gasteiger partial charge in [0.2, 0.25) is 5.91 Å². The predicted octanol–water partition coefficient (Wildman–Crippen LogP) is 1.40. The van der Waals surface area contributed by atoms with Crippen LogP contribution in [0.3, 0.4) is 0 Å². The molecule has 1 saturated heterocycles. The second kappa shape index (κ2) is 6.16. The summed E-state index contributed by atoms with van der Waals surface area (Å²) >= 11 is 0. The normalized spacial score (nSPS) is 17.0. The summed E-state index contributed by atoms with van der Waals surface area (Å²) in [7, 11) is 0. The molecule has 5 nitrogen and oxygen atoms in total. The number of rotatable bonds is 3. The molecule has 3 rings (SSSR count). The van der Waals surface area contributed by atoms with Gasteiger partial charge in [-0.25, -0.2) is 0 Å². The van der Waals surface area contributed by atoms with Gasteiger partial charge in [-0.2, -0.15) is 0 Å². The first-order valence-corrected chi connectivity index (χ1v) is 7.67. The number of fused-ring (bicyclic) bond motifs is 1. The van der Waals surface area contributed by atoms with Crippen LogP contribution in [0.25, 0.3) is 0 Å². The summed E-state index contributed by atoms with van der Waals surface area (Å²) in [5.41, 5.74) is 2.88. The Hall–Kier alpha value is -2.04. The van der Waals surface area contributed by atoms with Crippen molar-refractivity contribution in [2.75, 3.05) is 31.5 Å². The smallest absolute Gasteiger partial charge is 0.251 e. The lowest BCUT2D eigenvalue weighted by molar-refractivity contribution is -0.130. The standard InChI is InChI=1S/C16H21N3O2/c20-15(19-8-2-1-3-9-19)11-18-16(21)13-5-4-12-6-7-17-14(12)10-13/h4-5,10,17H,1-3,6-9,11H2,(H,18,21). The Morgan fingerprint density at radius 3 is 2.81 bits per heavy atom. The second-order valence-electron chi connectivity index (χ2n) is 5.67. The number of benzene rings is 1. The first-order valence-electron chi connectivity index (χ1n) is 7.67. The quantitative estimate of drug-likeness (QED) is 0.883. The molecule has 2 aliphatic heterocycles. The topological polar surface area (TPSA) is 61.4 Å². The number of hydrogen-bond acceptors (Lipinski definition) is 3. The van der Waals surface area contributed by atoms with Crippen molar-refractivity contribution in [3.05, 3.63) is 29.3 Å². The zero-order chi connectivity index (χ0) is 14.7. The average molecular weight is 287 g/mol. The Morgan fingerprint density at radius 1 is 1.19 bits per heavy atom. The van der Waals surface area contributed by atoms with Crippen molar-refractivity contribution in [2.24, 2.45) is 0 Å². The minimum atomic E-state index is -0.183. The maximum absolute atomic E-state index is 12.1. The highest BCUT2D eigenvalue weighted by atomic mass is 16.2. The SMILES string of the molecule is O=C(NCC(=O)N1CCCCC1)c1ccc2c(c1)NCC2. The van der Waals surface area contributed by atoms with E-state index < -0.39 is 0 Å². The molecule has 112 valence electrons. The van der Waals surface area contributed by atoms with Crippen LogP contribution >= 0.6 is 0 Å². The van der Waals surface area contributed by atoms with Crippen LogP contribution in [0.1, 0.15) is 35.2 Å². The fourth-order valence-electron chi connectivity index (χ4n) is 2.95. The molecule has 0 bridgehead atoms. The van der Waals surface area contributed by atoms with Crippen molar-refractivity contribution in [3.63, 3.8) is 0 Å².